The zero-order valence-electron chi connectivity index (χ0n) is 15.0. The van der Waals surface area contributed by atoms with E-state index in [0.29, 0.717) is 37.5 Å². The summed E-state index contributed by atoms with van der Waals surface area (Å²) < 4.78 is 12.6. The molecule has 0 aliphatic carbocycles. The molecule has 3 heterocycles. The van der Waals surface area contributed by atoms with Gasteiger partial charge in [0.05, 0.1) is 5.69 Å². The van der Waals surface area contributed by atoms with Crippen LogP contribution in [0.4, 0.5) is 0 Å². The summed E-state index contributed by atoms with van der Waals surface area (Å²) in [5.74, 6) is 1.16. The highest BCUT2D eigenvalue weighted by Gasteiger charge is 2.23. The van der Waals surface area contributed by atoms with Gasteiger partial charge in [0.25, 0.3) is 5.89 Å². The molecule has 2 aromatic heterocycles. The van der Waals surface area contributed by atoms with Crippen molar-refractivity contribution in [2.45, 2.75) is 52.1 Å². The van der Waals surface area contributed by atoms with Crippen LogP contribution in [0.5, 0.6) is 0 Å². The molecule has 1 unspecified atom stereocenters. The quantitative estimate of drug-likeness (QED) is 0.817. The molecule has 8 heteroatoms. The fourth-order valence-corrected chi connectivity index (χ4v) is 3.09. The van der Waals surface area contributed by atoms with Gasteiger partial charge in [-0.3, -0.25) is 9.48 Å². The zero-order valence-corrected chi connectivity index (χ0v) is 15.0. The van der Waals surface area contributed by atoms with Gasteiger partial charge in [-0.15, -0.1) is 0 Å². The van der Waals surface area contributed by atoms with Crippen LogP contribution in [0.15, 0.2) is 4.52 Å². The largest absolute Gasteiger partial charge is 0.368 e. The van der Waals surface area contributed by atoms with Crippen LogP contribution >= 0.6 is 0 Å². The van der Waals surface area contributed by atoms with Gasteiger partial charge in [0, 0.05) is 38.7 Å². The van der Waals surface area contributed by atoms with Crippen molar-refractivity contribution in [1.82, 2.24) is 25.2 Å². The Kier molecular flexibility index (Phi) is 5.47. The van der Waals surface area contributed by atoms with Crippen molar-refractivity contribution in [3.63, 3.8) is 0 Å². The van der Waals surface area contributed by atoms with E-state index in [1.807, 2.05) is 25.6 Å². The van der Waals surface area contributed by atoms with E-state index in [9.17, 15) is 4.79 Å². The lowest BCUT2D eigenvalue weighted by atomic mass is 10.1. The number of carbonyl (C=O) groups is 1. The van der Waals surface area contributed by atoms with Crippen molar-refractivity contribution in [2.24, 2.45) is 7.05 Å². The number of carbonyl (C=O) groups excluding carboxylic acids is 1. The van der Waals surface area contributed by atoms with Crippen molar-refractivity contribution < 1.29 is 14.1 Å². The molecule has 1 atom stereocenters. The van der Waals surface area contributed by atoms with Gasteiger partial charge in [0.15, 0.2) is 5.82 Å². The molecule has 1 aliphatic heterocycles. The molecule has 8 nitrogen and oxygen atoms in total. The second-order valence-electron chi connectivity index (χ2n) is 6.42. The minimum absolute atomic E-state index is 0.0190. The van der Waals surface area contributed by atoms with E-state index in [-0.39, 0.29) is 12.0 Å². The summed E-state index contributed by atoms with van der Waals surface area (Å²) in [6.45, 7) is 5.24. The number of nitrogens with zero attached hydrogens (tertiary/aromatic N) is 4. The summed E-state index contributed by atoms with van der Waals surface area (Å²) in [5.41, 5.74) is 3.25. The number of aromatic nitrogens is 4. The Morgan fingerprint density at radius 1 is 1.36 bits per heavy atom. The van der Waals surface area contributed by atoms with E-state index in [4.69, 9.17) is 9.26 Å². The zero-order chi connectivity index (χ0) is 17.8. The molecule has 0 bridgehead atoms. The number of nitrogens with one attached hydrogen (secondary N) is 1. The smallest absolute Gasteiger partial charge is 0.255 e. The maximum Gasteiger partial charge on any atom is 0.255 e. The van der Waals surface area contributed by atoms with Crippen molar-refractivity contribution in [3.8, 4) is 0 Å². The van der Waals surface area contributed by atoms with Crippen LogP contribution in [-0.2, 0) is 29.4 Å². The monoisotopic (exact) mass is 347 g/mol. The Labute approximate surface area is 146 Å². The van der Waals surface area contributed by atoms with Gasteiger partial charge >= 0.3 is 0 Å². The fraction of sp³-hybridized carbons (Fsp3) is 0.647. The highest BCUT2D eigenvalue weighted by molar-refractivity contribution is 5.76. The first kappa shape index (κ1) is 17.6. The number of hydrogen-bond donors (Lipinski definition) is 1. The minimum Gasteiger partial charge on any atom is -0.368 e. The molecule has 136 valence electrons. The van der Waals surface area contributed by atoms with Gasteiger partial charge in [-0.05, 0) is 38.7 Å². The normalized spacial score (nSPS) is 17.2. The topological polar surface area (TPSA) is 95.1 Å². The molecule has 1 saturated heterocycles. The van der Waals surface area contributed by atoms with Crippen LogP contribution in [-0.4, -0.2) is 39.0 Å². The molecule has 25 heavy (non-hydrogen) atoms. The van der Waals surface area contributed by atoms with Crippen LogP contribution < -0.4 is 5.32 Å². The third-order valence-corrected chi connectivity index (χ3v) is 4.62. The molecule has 0 spiro atoms. The predicted molar refractivity (Wildman–Crippen MR) is 89.9 cm³/mol. The van der Waals surface area contributed by atoms with Crippen LogP contribution in [0.1, 0.15) is 54.0 Å². The average Bonchev–Trinajstić information content (AvgIpc) is 3.29. The van der Waals surface area contributed by atoms with Gasteiger partial charge in [0.2, 0.25) is 5.91 Å². The van der Waals surface area contributed by atoms with Gasteiger partial charge in [0.1, 0.15) is 6.10 Å². The van der Waals surface area contributed by atoms with E-state index in [1.165, 1.54) is 0 Å². The van der Waals surface area contributed by atoms with E-state index in [0.717, 1.165) is 36.4 Å². The molecular weight excluding hydrogens is 322 g/mol. The summed E-state index contributed by atoms with van der Waals surface area (Å²) >= 11 is 0. The highest BCUT2D eigenvalue weighted by Crippen LogP contribution is 2.26. The lowest BCUT2D eigenvalue weighted by Gasteiger charge is -2.04. The first-order chi connectivity index (χ1) is 12.0. The summed E-state index contributed by atoms with van der Waals surface area (Å²) in [6.07, 6.45) is 3.57. The maximum atomic E-state index is 12.0. The van der Waals surface area contributed by atoms with E-state index >= 15 is 0 Å². The lowest BCUT2D eigenvalue weighted by molar-refractivity contribution is -0.121. The number of hydrogen-bond acceptors (Lipinski definition) is 6. The summed E-state index contributed by atoms with van der Waals surface area (Å²) in [7, 11) is 1.92. The molecule has 1 aliphatic rings. The van der Waals surface area contributed by atoms with E-state index in [2.05, 4.69) is 20.6 Å². The Morgan fingerprint density at radius 2 is 2.20 bits per heavy atom. The number of ether oxygens (including phenoxy) is 1. The minimum atomic E-state index is -0.0678. The Balaban J connectivity index is 1.40. The van der Waals surface area contributed by atoms with Crippen LogP contribution in [0.3, 0.4) is 0 Å². The second kappa shape index (κ2) is 7.77. The van der Waals surface area contributed by atoms with Crippen molar-refractivity contribution in [1.29, 1.82) is 0 Å². The van der Waals surface area contributed by atoms with Gasteiger partial charge in [-0.1, -0.05) is 5.16 Å². The van der Waals surface area contributed by atoms with Crippen LogP contribution in [0, 0.1) is 13.8 Å². The Hall–Kier alpha value is -2.22. The standard InChI is InChI=1S/C17H25N5O3/c1-11-13(12(2)22(3)20-11)6-7-16(23)18-9-8-15-19-17(25-21-15)14-5-4-10-24-14/h14H,4-10H2,1-3H3,(H,18,23). The SMILES string of the molecule is Cc1nn(C)c(C)c1CCC(=O)NCCc1noc(C2CCCO2)n1. The van der Waals surface area contributed by atoms with Gasteiger partial charge < -0.3 is 14.6 Å². The summed E-state index contributed by atoms with van der Waals surface area (Å²) in [5, 5.41) is 11.2. The molecule has 0 radical (unpaired) electrons. The lowest BCUT2D eigenvalue weighted by Crippen LogP contribution is -2.26. The van der Waals surface area contributed by atoms with Crippen molar-refractivity contribution in [2.75, 3.05) is 13.2 Å². The molecule has 0 saturated carbocycles. The highest BCUT2D eigenvalue weighted by atomic mass is 16.5. The number of amides is 1. The fourth-order valence-electron chi connectivity index (χ4n) is 3.09. The molecular formula is C17H25N5O3. The molecule has 1 N–H and O–H groups in total. The first-order valence-corrected chi connectivity index (χ1v) is 8.74. The first-order valence-electron chi connectivity index (χ1n) is 8.74. The maximum absolute atomic E-state index is 12.0. The number of rotatable bonds is 7. The third kappa shape index (κ3) is 4.25. The number of aryl methyl sites for hydroxylation is 2. The van der Waals surface area contributed by atoms with Gasteiger partial charge in [-0.25, -0.2) is 0 Å². The average molecular weight is 347 g/mol. The summed E-state index contributed by atoms with van der Waals surface area (Å²) in [6, 6.07) is 0. The predicted octanol–water partition coefficient (Wildman–Crippen LogP) is 1.56. The molecule has 1 amide bonds. The van der Waals surface area contributed by atoms with Crippen LogP contribution in [0.2, 0.25) is 0 Å². The summed E-state index contributed by atoms with van der Waals surface area (Å²) in [4.78, 5) is 16.4. The van der Waals surface area contributed by atoms with Gasteiger partial charge in [-0.2, -0.15) is 10.1 Å². The molecule has 0 aromatic carbocycles. The van der Waals surface area contributed by atoms with Crippen molar-refractivity contribution >= 4 is 5.91 Å². The third-order valence-electron chi connectivity index (χ3n) is 4.62. The van der Waals surface area contributed by atoms with Crippen LogP contribution in [0.25, 0.3) is 0 Å². The Morgan fingerprint density at radius 3 is 2.88 bits per heavy atom. The second-order valence-corrected chi connectivity index (χ2v) is 6.42. The Bertz CT molecular complexity index is 731. The van der Waals surface area contributed by atoms with E-state index in [1.54, 1.807) is 0 Å². The molecule has 2 aromatic rings. The van der Waals surface area contributed by atoms with E-state index < -0.39 is 0 Å². The molecule has 1 fully saturated rings. The molecule has 3 rings (SSSR count). The van der Waals surface area contributed by atoms with Crippen molar-refractivity contribution in [3.05, 3.63) is 28.7 Å².